The largest absolute Gasteiger partial charge is 0.445 e. The number of amides is 1. The molecule has 1 aromatic carbocycles. The average Bonchev–Trinajstić information content (AvgIpc) is 3.16. The van der Waals surface area contributed by atoms with Crippen LogP contribution in [0.4, 0.5) is 0 Å². The predicted molar refractivity (Wildman–Crippen MR) is 92.4 cm³/mol. The van der Waals surface area contributed by atoms with Crippen LogP contribution >= 0.6 is 11.6 Å². The van der Waals surface area contributed by atoms with Crippen LogP contribution in [0.2, 0.25) is 5.02 Å². The van der Waals surface area contributed by atoms with Crippen molar-refractivity contribution in [2.75, 3.05) is 6.54 Å². The second-order valence-electron chi connectivity index (χ2n) is 6.08. The number of hydrogen-bond donors (Lipinski definition) is 0. The molecule has 0 radical (unpaired) electrons. The van der Waals surface area contributed by atoms with Gasteiger partial charge >= 0.3 is 0 Å². The Morgan fingerprint density at radius 2 is 2.12 bits per heavy atom. The Labute approximate surface area is 150 Å². The maximum absolute atomic E-state index is 12.7. The molecule has 0 atom stereocenters. The first-order chi connectivity index (χ1) is 12.1. The first kappa shape index (κ1) is 15.9. The van der Waals surface area contributed by atoms with Crippen LogP contribution in [0, 0.1) is 0 Å². The Morgan fingerprint density at radius 1 is 1.32 bits per heavy atom. The van der Waals surface area contributed by atoms with Gasteiger partial charge in [-0.1, -0.05) is 41.9 Å². The summed E-state index contributed by atoms with van der Waals surface area (Å²) in [4.78, 5) is 19.1. The lowest BCUT2D eigenvalue weighted by atomic mass is 10.1. The zero-order valence-electron chi connectivity index (χ0n) is 13.8. The lowest BCUT2D eigenvalue weighted by Gasteiger charge is -2.25. The van der Waals surface area contributed by atoms with Gasteiger partial charge in [0.25, 0.3) is 5.91 Å². The smallest absolute Gasteiger partial charge is 0.274 e. The Hall–Kier alpha value is -2.60. The van der Waals surface area contributed by atoms with Crippen LogP contribution in [0.5, 0.6) is 0 Å². The predicted octanol–water partition coefficient (Wildman–Crippen LogP) is 2.85. The highest BCUT2D eigenvalue weighted by Gasteiger charge is 2.28. The van der Waals surface area contributed by atoms with Crippen molar-refractivity contribution in [3.05, 3.63) is 70.2 Å². The first-order valence-corrected chi connectivity index (χ1v) is 8.48. The van der Waals surface area contributed by atoms with Gasteiger partial charge in [0.2, 0.25) is 0 Å². The minimum Gasteiger partial charge on any atom is -0.445 e. The normalized spacial score (nSPS) is 13.8. The summed E-state index contributed by atoms with van der Waals surface area (Å²) in [6, 6.07) is 10.1. The van der Waals surface area contributed by atoms with E-state index in [0.717, 1.165) is 17.0 Å². The van der Waals surface area contributed by atoms with E-state index in [1.807, 2.05) is 30.3 Å². The molecule has 0 fully saturated rings. The molecule has 25 heavy (non-hydrogen) atoms. The Bertz CT molecular complexity index is 897. The van der Waals surface area contributed by atoms with Crippen LogP contribution in [0.25, 0.3) is 0 Å². The van der Waals surface area contributed by atoms with Gasteiger partial charge in [-0.2, -0.15) is 5.10 Å². The molecule has 0 N–H and O–H groups in total. The van der Waals surface area contributed by atoms with E-state index in [1.54, 1.807) is 11.9 Å². The van der Waals surface area contributed by atoms with E-state index >= 15 is 0 Å². The minimum absolute atomic E-state index is 0.136. The highest BCUT2D eigenvalue weighted by atomic mass is 35.5. The molecule has 0 spiro atoms. The summed E-state index contributed by atoms with van der Waals surface area (Å²) in [5.41, 5.74) is 2.37. The number of oxazole rings is 1. The van der Waals surface area contributed by atoms with Crippen LogP contribution < -0.4 is 0 Å². The Kier molecular flexibility index (Phi) is 4.05. The molecule has 128 valence electrons. The number of rotatable bonds is 3. The van der Waals surface area contributed by atoms with Gasteiger partial charge in [0.1, 0.15) is 17.1 Å². The van der Waals surface area contributed by atoms with Gasteiger partial charge in [-0.05, 0) is 5.56 Å². The number of aromatic nitrogens is 3. The molecule has 0 saturated carbocycles. The zero-order chi connectivity index (χ0) is 17.4. The zero-order valence-corrected chi connectivity index (χ0v) is 14.5. The summed E-state index contributed by atoms with van der Waals surface area (Å²) in [5, 5.41) is 4.39. The van der Waals surface area contributed by atoms with Crippen molar-refractivity contribution in [3.63, 3.8) is 0 Å². The van der Waals surface area contributed by atoms with Crippen LogP contribution in [-0.4, -0.2) is 32.1 Å². The van der Waals surface area contributed by atoms with E-state index in [-0.39, 0.29) is 5.91 Å². The van der Waals surface area contributed by atoms with Crippen molar-refractivity contribution in [2.45, 2.75) is 19.4 Å². The number of nitrogens with zero attached hydrogens (tertiary/aromatic N) is 4. The third kappa shape index (κ3) is 3.05. The fraction of sp³-hybridized carbons (Fsp3) is 0.278. The van der Waals surface area contributed by atoms with E-state index in [2.05, 4.69) is 10.1 Å². The summed E-state index contributed by atoms with van der Waals surface area (Å²) in [5.74, 6) is 1.42. The molecule has 0 aliphatic carbocycles. The molecule has 0 unspecified atom stereocenters. The summed E-state index contributed by atoms with van der Waals surface area (Å²) in [7, 11) is 1.71. The standard InChI is InChI=1S/C18H17ClN4O2/c1-22-17(13(19)10-20-22)18(24)23-8-7-15-14(11-23)21-16(25-15)9-12-5-3-2-4-6-12/h2-6,10H,7-9,11H2,1H3. The number of hydrogen-bond acceptors (Lipinski definition) is 4. The maximum Gasteiger partial charge on any atom is 0.274 e. The van der Waals surface area contributed by atoms with Crippen molar-refractivity contribution in [2.24, 2.45) is 7.05 Å². The monoisotopic (exact) mass is 356 g/mol. The number of benzene rings is 1. The van der Waals surface area contributed by atoms with Crippen molar-refractivity contribution in [1.29, 1.82) is 0 Å². The van der Waals surface area contributed by atoms with E-state index in [0.29, 0.717) is 42.5 Å². The first-order valence-electron chi connectivity index (χ1n) is 8.10. The van der Waals surface area contributed by atoms with Crippen molar-refractivity contribution in [1.82, 2.24) is 19.7 Å². The van der Waals surface area contributed by atoms with Crippen LogP contribution in [0.1, 0.15) is 33.4 Å². The van der Waals surface area contributed by atoms with Gasteiger partial charge < -0.3 is 9.32 Å². The summed E-state index contributed by atoms with van der Waals surface area (Å²) in [6.07, 6.45) is 2.78. The number of halogens is 1. The van der Waals surface area contributed by atoms with Gasteiger partial charge in [-0.15, -0.1) is 0 Å². The molecule has 1 aliphatic rings. The van der Waals surface area contributed by atoms with E-state index in [4.69, 9.17) is 16.0 Å². The van der Waals surface area contributed by atoms with Gasteiger partial charge in [0.05, 0.1) is 17.8 Å². The summed E-state index contributed by atoms with van der Waals surface area (Å²) in [6.45, 7) is 1.00. The molecular formula is C18H17ClN4O2. The Balaban J connectivity index is 1.53. The fourth-order valence-corrected chi connectivity index (χ4v) is 3.32. The second kappa shape index (κ2) is 6.37. The molecule has 0 saturated heterocycles. The third-order valence-electron chi connectivity index (χ3n) is 4.35. The van der Waals surface area contributed by atoms with Gasteiger partial charge in [0, 0.05) is 26.4 Å². The van der Waals surface area contributed by atoms with Crippen LogP contribution in [-0.2, 0) is 26.4 Å². The van der Waals surface area contributed by atoms with Crippen LogP contribution in [0.3, 0.4) is 0 Å². The summed E-state index contributed by atoms with van der Waals surface area (Å²) >= 11 is 6.09. The molecule has 6 nitrogen and oxygen atoms in total. The molecule has 3 aromatic rings. The summed E-state index contributed by atoms with van der Waals surface area (Å²) < 4.78 is 7.39. The fourth-order valence-electron chi connectivity index (χ4n) is 3.07. The lowest BCUT2D eigenvalue weighted by molar-refractivity contribution is 0.0717. The van der Waals surface area contributed by atoms with E-state index in [9.17, 15) is 4.79 Å². The van der Waals surface area contributed by atoms with Crippen molar-refractivity contribution >= 4 is 17.5 Å². The molecule has 1 amide bonds. The topological polar surface area (TPSA) is 64.2 Å². The van der Waals surface area contributed by atoms with Gasteiger partial charge in [-0.25, -0.2) is 4.98 Å². The molecule has 3 heterocycles. The molecular weight excluding hydrogens is 340 g/mol. The molecule has 1 aliphatic heterocycles. The van der Waals surface area contributed by atoms with Crippen molar-refractivity contribution in [3.8, 4) is 0 Å². The molecule has 2 aromatic heterocycles. The SMILES string of the molecule is Cn1ncc(Cl)c1C(=O)N1CCc2oc(Cc3ccccc3)nc2C1. The van der Waals surface area contributed by atoms with E-state index in [1.165, 1.54) is 10.9 Å². The number of aryl methyl sites for hydroxylation is 1. The highest BCUT2D eigenvalue weighted by molar-refractivity contribution is 6.33. The van der Waals surface area contributed by atoms with Gasteiger partial charge in [-0.3, -0.25) is 9.48 Å². The van der Waals surface area contributed by atoms with Gasteiger partial charge in [0.15, 0.2) is 5.89 Å². The number of fused-ring (bicyclic) bond motifs is 1. The Morgan fingerprint density at radius 3 is 2.84 bits per heavy atom. The maximum atomic E-state index is 12.7. The molecule has 0 bridgehead atoms. The third-order valence-corrected chi connectivity index (χ3v) is 4.63. The van der Waals surface area contributed by atoms with Crippen LogP contribution in [0.15, 0.2) is 40.9 Å². The lowest BCUT2D eigenvalue weighted by Crippen LogP contribution is -2.37. The van der Waals surface area contributed by atoms with E-state index < -0.39 is 0 Å². The van der Waals surface area contributed by atoms with Crippen molar-refractivity contribution < 1.29 is 9.21 Å². The molecule has 7 heteroatoms. The molecule has 4 rings (SSSR count). The number of carbonyl (C=O) groups is 1. The highest BCUT2D eigenvalue weighted by Crippen LogP contribution is 2.24. The average molecular weight is 357 g/mol. The quantitative estimate of drug-likeness (QED) is 0.724. The number of carbonyl (C=O) groups excluding carboxylic acids is 1. The minimum atomic E-state index is -0.136. The second-order valence-corrected chi connectivity index (χ2v) is 6.49.